The Balaban J connectivity index is 0.00000256. The zero-order valence-electron chi connectivity index (χ0n) is 16.8. The molecule has 0 radical (unpaired) electrons. The van der Waals surface area contributed by atoms with Gasteiger partial charge in [-0.2, -0.15) is 0 Å². The Morgan fingerprint density at radius 2 is 1.70 bits per heavy atom. The van der Waals surface area contributed by atoms with Crippen LogP contribution in [0.3, 0.4) is 0 Å². The fourth-order valence-corrected chi connectivity index (χ4v) is 4.23. The lowest BCUT2D eigenvalue weighted by Gasteiger charge is -2.27. The molecule has 4 rings (SSSR count). The number of amides is 1. The maximum atomic E-state index is 13.3. The van der Waals surface area contributed by atoms with Crippen molar-refractivity contribution >= 4 is 29.2 Å². The van der Waals surface area contributed by atoms with Crippen molar-refractivity contribution < 1.29 is 9.18 Å². The number of aromatic nitrogens is 1. The normalized spacial score (nSPS) is 18.9. The van der Waals surface area contributed by atoms with Gasteiger partial charge in [0, 0.05) is 36.1 Å². The van der Waals surface area contributed by atoms with Gasteiger partial charge in [0.2, 0.25) is 0 Å². The van der Waals surface area contributed by atoms with Crippen molar-refractivity contribution in [3.05, 3.63) is 60.0 Å². The van der Waals surface area contributed by atoms with E-state index in [4.69, 9.17) is 11.5 Å². The van der Waals surface area contributed by atoms with Gasteiger partial charge < -0.3 is 21.4 Å². The van der Waals surface area contributed by atoms with Crippen LogP contribution in [0.4, 0.5) is 4.39 Å². The molecule has 1 aromatic heterocycles. The molecule has 7 heteroatoms. The molecule has 0 aliphatic heterocycles. The van der Waals surface area contributed by atoms with E-state index in [0.717, 1.165) is 54.3 Å². The Bertz CT molecular complexity index is 1010. The van der Waals surface area contributed by atoms with E-state index in [9.17, 15) is 9.18 Å². The van der Waals surface area contributed by atoms with Crippen molar-refractivity contribution in [1.82, 2.24) is 9.88 Å². The highest BCUT2D eigenvalue weighted by Gasteiger charge is 2.18. The van der Waals surface area contributed by atoms with E-state index in [1.165, 1.54) is 12.1 Å². The molecular weight excluding hydrogens is 403 g/mol. The molecular formula is C23H28ClFN4O. The predicted octanol–water partition coefficient (Wildman–Crippen LogP) is 3.83. The molecule has 0 bridgehead atoms. The molecule has 5 N–H and O–H groups in total. The molecule has 30 heavy (non-hydrogen) atoms. The summed E-state index contributed by atoms with van der Waals surface area (Å²) in [7, 11) is 0. The zero-order valence-corrected chi connectivity index (χ0v) is 17.6. The van der Waals surface area contributed by atoms with Crippen LogP contribution in [0.25, 0.3) is 22.0 Å². The van der Waals surface area contributed by atoms with Crippen LogP contribution in [-0.2, 0) is 6.54 Å². The van der Waals surface area contributed by atoms with Gasteiger partial charge in [-0.25, -0.2) is 4.39 Å². The molecule has 1 saturated carbocycles. The number of rotatable bonds is 6. The minimum absolute atomic E-state index is 0. The molecule has 5 nitrogen and oxygen atoms in total. The van der Waals surface area contributed by atoms with Gasteiger partial charge in [-0.15, -0.1) is 12.4 Å². The monoisotopic (exact) mass is 430 g/mol. The number of nitrogens with two attached hydrogens (primary N) is 2. The van der Waals surface area contributed by atoms with Gasteiger partial charge in [0.1, 0.15) is 11.5 Å². The SMILES string of the molecule is Cl.NC(=O)c1cc2ccc(-c3ccc(F)cc3)cc2n1CCNC1CCC(N)CC1. The molecule has 0 atom stereocenters. The first-order valence-corrected chi connectivity index (χ1v) is 10.2. The van der Waals surface area contributed by atoms with E-state index in [0.29, 0.717) is 24.3 Å². The van der Waals surface area contributed by atoms with Crippen LogP contribution in [0.2, 0.25) is 0 Å². The molecule has 1 amide bonds. The molecule has 0 spiro atoms. The van der Waals surface area contributed by atoms with E-state index < -0.39 is 5.91 Å². The molecule has 0 unspecified atom stereocenters. The first kappa shape index (κ1) is 22.3. The van der Waals surface area contributed by atoms with Crippen molar-refractivity contribution in [3.8, 4) is 11.1 Å². The molecule has 1 fully saturated rings. The topological polar surface area (TPSA) is 86.1 Å². The number of nitrogens with zero attached hydrogens (tertiary/aromatic N) is 1. The third-order valence-electron chi connectivity index (χ3n) is 5.87. The highest BCUT2D eigenvalue weighted by atomic mass is 35.5. The van der Waals surface area contributed by atoms with Gasteiger partial charge >= 0.3 is 0 Å². The van der Waals surface area contributed by atoms with E-state index in [-0.39, 0.29) is 18.2 Å². The van der Waals surface area contributed by atoms with Gasteiger partial charge in [0.15, 0.2) is 0 Å². The summed E-state index contributed by atoms with van der Waals surface area (Å²) < 4.78 is 15.2. The fraction of sp³-hybridized carbons (Fsp3) is 0.348. The summed E-state index contributed by atoms with van der Waals surface area (Å²) in [5.41, 5.74) is 15.0. The van der Waals surface area contributed by atoms with Crippen LogP contribution in [-0.4, -0.2) is 29.1 Å². The lowest BCUT2D eigenvalue weighted by Crippen LogP contribution is -2.38. The van der Waals surface area contributed by atoms with E-state index in [1.807, 2.05) is 28.8 Å². The largest absolute Gasteiger partial charge is 0.364 e. The minimum atomic E-state index is -0.437. The maximum Gasteiger partial charge on any atom is 0.265 e. The van der Waals surface area contributed by atoms with Crippen molar-refractivity contribution in [1.29, 1.82) is 0 Å². The lowest BCUT2D eigenvalue weighted by molar-refractivity contribution is 0.0992. The summed E-state index contributed by atoms with van der Waals surface area (Å²) in [6.45, 7) is 1.40. The molecule has 1 aliphatic carbocycles. The number of benzene rings is 2. The average Bonchev–Trinajstić information content (AvgIpc) is 3.08. The van der Waals surface area contributed by atoms with Gasteiger partial charge in [-0.3, -0.25) is 4.79 Å². The number of carbonyl (C=O) groups is 1. The standard InChI is InChI=1S/C23H27FN4O.ClH/c24-18-5-3-15(4-6-18)16-1-2-17-14-22(23(26)29)28(21(17)13-16)12-11-27-20-9-7-19(25)8-10-20;/h1-6,13-14,19-20,27H,7-12,25H2,(H2,26,29);1H. The Kier molecular flexibility index (Phi) is 7.13. The van der Waals surface area contributed by atoms with E-state index in [1.54, 1.807) is 12.1 Å². The molecule has 160 valence electrons. The number of hydrogen-bond donors (Lipinski definition) is 3. The van der Waals surface area contributed by atoms with Crippen LogP contribution in [0.15, 0.2) is 48.5 Å². The first-order chi connectivity index (χ1) is 14.0. The fourth-order valence-electron chi connectivity index (χ4n) is 4.23. The van der Waals surface area contributed by atoms with Crippen molar-refractivity contribution in [2.24, 2.45) is 11.5 Å². The maximum absolute atomic E-state index is 13.3. The predicted molar refractivity (Wildman–Crippen MR) is 121 cm³/mol. The minimum Gasteiger partial charge on any atom is -0.364 e. The van der Waals surface area contributed by atoms with Crippen LogP contribution in [0.1, 0.15) is 36.2 Å². The highest BCUT2D eigenvalue weighted by molar-refractivity contribution is 5.98. The van der Waals surface area contributed by atoms with Gasteiger partial charge in [-0.1, -0.05) is 24.3 Å². The Morgan fingerprint density at radius 1 is 1.03 bits per heavy atom. The molecule has 3 aromatic rings. The number of nitrogens with one attached hydrogen (secondary N) is 1. The quantitative estimate of drug-likeness (QED) is 0.555. The van der Waals surface area contributed by atoms with Crippen molar-refractivity contribution in [2.75, 3.05) is 6.54 Å². The van der Waals surface area contributed by atoms with Gasteiger partial charge in [0.05, 0.1) is 0 Å². The van der Waals surface area contributed by atoms with Crippen LogP contribution in [0, 0.1) is 5.82 Å². The number of hydrogen-bond acceptors (Lipinski definition) is 3. The number of fused-ring (bicyclic) bond motifs is 1. The summed E-state index contributed by atoms with van der Waals surface area (Å²) in [5.74, 6) is -0.697. The second-order valence-electron chi connectivity index (χ2n) is 7.89. The Hall–Kier alpha value is -2.41. The summed E-state index contributed by atoms with van der Waals surface area (Å²) in [5, 5.41) is 4.56. The summed E-state index contributed by atoms with van der Waals surface area (Å²) in [6, 6.07) is 15.1. The molecule has 1 heterocycles. The molecule has 2 aromatic carbocycles. The number of carbonyl (C=O) groups excluding carboxylic acids is 1. The van der Waals surface area contributed by atoms with Crippen LogP contribution >= 0.6 is 12.4 Å². The molecule has 0 saturated heterocycles. The summed E-state index contributed by atoms with van der Waals surface area (Å²) in [6.07, 6.45) is 4.28. The van der Waals surface area contributed by atoms with E-state index >= 15 is 0 Å². The number of halogens is 2. The second kappa shape index (κ2) is 9.60. The van der Waals surface area contributed by atoms with Crippen LogP contribution in [0.5, 0.6) is 0 Å². The summed E-state index contributed by atoms with van der Waals surface area (Å²) in [4.78, 5) is 12.0. The van der Waals surface area contributed by atoms with Crippen molar-refractivity contribution in [3.63, 3.8) is 0 Å². The van der Waals surface area contributed by atoms with E-state index in [2.05, 4.69) is 5.32 Å². The second-order valence-corrected chi connectivity index (χ2v) is 7.89. The average molecular weight is 431 g/mol. The third-order valence-corrected chi connectivity index (χ3v) is 5.87. The highest BCUT2D eigenvalue weighted by Crippen LogP contribution is 2.27. The Labute approximate surface area is 182 Å². The van der Waals surface area contributed by atoms with Crippen LogP contribution < -0.4 is 16.8 Å². The number of primary amides is 1. The Morgan fingerprint density at radius 3 is 2.37 bits per heavy atom. The first-order valence-electron chi connectivity index (χ1n) is 10.2. The summed E-state index contributed by atoms with van der Waals surface area (Å²) >= 11 is 0. The van der Waals surface area contributed by atoms with Gasteiger partial charge in [-0.05, 0) is 61.1 Å². The zero-order chi connectivity index (χ0) is 20.4. The smallest absolute Gasteiger partial charge is 0.265 e. The lowest BCUT2D eigenvalue weighted by atomic mass is 9.92. The third kappa shape index (κ3) is 4.83. The molecule has 1 aliphatic rings. The van der Waals surface area contributed by atoms with Gasteiger partial charge in [0.25, 0.3) is 5.91 Å². The van der Waals surface area contributed by atoms with Crippen molar-refractivity contribution in [2.45, 2.75) is 44.3 Å².